The van der Waals surface area contributed by atoms with Gasteiger partial charge < -0.3 is 5.11 Å². The van der Waals surface area contributed by atoms with Gasteiger partial charge in [-0.3, -0.25) is 0 Å². The summed E-state index contributed by atoms with van der Waals surface area (Å²) in [5.74, 6) is 0.142. The largest absolute Gasteiger partial charge is 1.00 e. The van der Waals surface area contributed by atoms with Crippen LogP contribution < -0.4 is 34.7 Å². The van der Waals surface area contributed by atoms with E-state index in [0.717, 1.165) is 15.6 Å². The van der Waals surface area contributed by atoms with Crippen LogP contribution >= 0.6 is 15.9 Å². The number of aryl methyl sites for hydroxylation is 2. The Labute approximate surface area is 97.2 Å². The van der Waals surface area contributed by atoms with E-state index in [1.165, 1.54) is 0 Å². The predicted molar refractivity (Wildman–Crippen MR) is 43.1 cm³/mol. The molecule has 0 heterocycles. The standard InChI is InChI=1S/C8H9BrO.Na/c1-5-3-7(9)4-6(2)8(5)10;/h3-4,10H,1-2H3;/q;+1/p-1. The van der Waals surface area contributed by atoms with E-state index in [4.69, 9.17) is 0 Å². The zero-order chi connectivity index (χ0) is 7.72. The topological polar surface area (TPSA) is 23.1 Å². The molecule has 1 aromatic carbocycles. The van der Waals surface area contributed by atoms with Crippen molar-refractivity contribution >= 4 is 15.9 Å². The first-order valence-electron chi connectivity index (χ1n) is 3.05. The van der Waals surface area contributed by atoms with Crippen molar-refractivity contribution in [1.29, 1.82) is 0 Å². The minimum Gasteiger partial charge on any atom is -0.872 e. The van der Waals surface area contributed by atoms with Gasteiger partial charge >= 0.3 is 29.6 Å². The maximum Gasteiger partial charge on any atom is 1.00 e. The van der Waals surface area contributed by atoms with Crippen LogP contribution in [0.4, 0.5) is 0 Å². The van der Waals surface area contributed by atoms with Crippen LogP contribution in [0.15, 0.2) is 16.6 Å². The van der Waals surface area contributed by atoms with Gasteiger partial charge in [-0.15, -0.1) is 5.75 Å². The Hall–Kier alpha value is 0.500. The number of hydrogen-bond donors (Lipinski definition) is 0. The van der Waals surface area contributed by atoms with Crippen LogP contribution in [0.5, 0.6) is 5.75 Å². The molecule has 54 valence electrons. The molecule has 0 saturated carbocycles. The second kappa shape index (κ2) is 4.51. The van der Waals surface area contributed by atoms with Gasteiger partial charge in [0, 0.05) is 4.47 Å². The molecule has 0 aliphatic carbocycles. The van der Waals surface area contributed by atoms with Gasteiger partial charge in [0.15, 0.2) is 0 Å². The molecule has 1 nitrogen and oxygen atoms in total. The summed E-state index contributed by atoms with van der Waals surface area (Å²) in [6.07, 6.45) is 0. The fourth-order valence-corrected chi connectivity index (χ4v) is 1.58. The summed E-state index contributed by atoms with van der Waals surface area (Å²) in [4.78, 5) is 0. The Kier molecular flexibility index (Phi) is 4.71. The van der Waals surface area contributed by atoms with Crippen LogP contribution in [0.3, 0.4) is 0 Å². The van der Waals surface area contributed by atoms with Gasteiger partial charge in [-0.05, 0) is 26.0 Å². The molecule has 0 saturated heterocycles. The summed E-state index contributed by atoms with van der Waals surface area (Å²) in [6.45, 7) is 3.64. The zero-order valence-corrected chi connectivity index (χ0v) is 10.5. The van der Waals surface area contributed by atoms with Gasteiger partial charge in [0.2, 0.25) is 0 Å². The molecular formula is C8H8BrNaO. The molecule has 0 amide bonds. The van der Waals surface area contributed by atoms with Crippen LogP contribution in [0, 0.1) is 13.8 Å². The van der Waals surface area contributed by atoms with Crippen LogP contribution in [0.2, 0.25) is 0 Å². The summed E-state index contributed by atoms with van der Waals surface area (Å²) < 4.78 is 0.974. The number of halogens is 1. The second-order valence-corrected chi connectivity index (χ2v) is 3.28. The fourth-order valence-electron chi connectivity index (χ4n) is 0.897. The smallest absolute Gasteiger partial charge is 0.872 e. The van der Waals surface area contributed by atoms with Crippen molar-refractivity contribution in [3.8, 4) is 5.75 Å². The molecule has 1 rings (SSSR count). The normalized spacial score (nSPS) is 9.00. The maximum absolute atomic E-state index is 11.1. The molecule has 0 spiro atoms. The Morgan fingerprint density at radius 3 is 1.91 bits per heavy atom. The Bertz CT molecular complexity index is 237. The Balaban J connectivity index is 0.000001000. The van der Waals surface area contributed by atoms with Gasteiger partial charge in [-0.1, -0.05) is 27.1 Å². The van der Waals surface area contributed by atoms with E-state index in [-0.39, 0.29) is 35.3 Å². The van der Waals surface area contributed by atoms with Crippen LogP contribution in [0.1, 0.15) is 11.1 Å². The first-order chi connectivity index (χ1) is 4.61. The van der Waals surface area contributed by atoms with Gasteiger partial charge in [-0.2, -0.15) is 0 Å². The van der Waals surface area contributed by atoms with E-state index in [9.17, 15) is 5.11 Å². The van der Waals surface area contributed by atoms with Crippen LogP contribution in [-0.4, -0.2) is 0 Å². The summed E-state index contributed by atoms with van der Waals surface area (Å²) >= 11 is 3.31. The van der Waals surface area contributed by atoms with Crippen molar-refractivity contribution in [3.05, 3.63) is 27.7 Å². The van der Waals surface area contributed by atoms with Crippen LogP contribution in [0.25, 0.3) is 0 Å². The van der Waals surface area contributed by atoms with E-state index in [1.807, 2.05) is 26.0 Å². The molecule has 0 bridgehead atoms. The average Bonchev–Trinajstić information content (AvgIpc) is 1.82. The molecule has 0 fully saturated rings. The molecule has 3 heteroatoms. The van der Waals surface area contributed by atoms with Crippen molar-refractivity contribution in [3.63, 3.8) is 0 Å². The summed E-state index contributed by atoms with van der Waals surface area (Å²) in [6, 6.07) is 3.66. The number of hydrogen-bond acceptors (Lipinski definition) is 1. The molecule has 0 aliphatic heterocycles. The third-order valence-electron chi connectivity index (χ3n) is 1.43. The Morgan fingerprint density at radius 1 is 1.18 bits per heavy atom. The summed E-state index contributed by atoms with van der Waals surface area (Å²) in [5.41, 5.74) is 1.60. The van der Waals surface area contributed by atoms with Crippen molar-refractivity contribution in [1.82, 2.24) is 0 Å². The SMILES string of the molecule is Cc1cc(Br)cc(C)c1[O-].[Na+]. The monoisotopic (exact) mass is 222 g/mol. The molecule has 0 N–H and O–H groups in total. The molecule has 0 unspecified atom stereocenters. The third-order valence-corrected chi connectivity index (χ3v) is 1.88. The van der Waals surface area contributed by atoms with Crippen molar-refractivity contribution in [2.45, 2.75) is 13.8 Å². The van der Waals surface area contributed by atoms with Gasteiger partial charge in [-0.25, -0.2) is 0 Å². The van der Waals surface area contributed by atoms with Gasteiger partial charge in [0.25, 0.3) is 0 Å². The van der Waals surface area contributed by atoms with E-state index in [1.54, 1.807) is 0 Å². The van der Waals surface area contributed by atoms with Gasteiger partial charge in [0.05, 0.1) is 0 Å². The van der Waals surface area contributed by atoms with E-state index in [2.05, 4.69) is 15.9 Å². The molecule has 1 aromatic rings. The average molecular weight is 223 g/mol. The molecule has 0 aromatic heterocycles. The molecule has 0 radical (unpaired) electrons. The minimum atomic E-state index is 0. The number of benzene rings is 1. The van der Waals surface area contributed by atoms with E-state index < -0.39 is 0 Å². The zero-order valence-electron chi connectivity index (χ0n) is 6.94. The number of rotatable bonds is 0. The second-order valence-electron chi connectivity index (χ2n) is 2.37. The predicted octanol–water partition coefficient (Wildman–Crippen LogP) is -0.856. The third kappa shape index (κ3) is 2.79. The Morgan fingerprint density at radius 2 is 1.55 bits per heavy atom. The van der Waals surface area contributed by atoms with Crippen molar-refractivity contribution < 1.29 is 34.7 Å². The van der Waals surface area contributed by atoms with E-state index >= 15 is 0 Å². The van der Waals surface area contributed by atoms with Crippen molar-refractivity contribution in [2.75, 3.05) is 0 Å². The van der Waals surface area contributed by atoms with Gasteiger partial charge in [0.1, 0.15) is 0 Å². The molecule has 11 heavy (non-hydrogen) atoms. The first kappa shape index (κ1) is 11.5. The molecular weight excluding hydrogens is 215 g/mol. The summed E-state index contributed by atoms with van der Waals surface area (Å²) in [7, 11) is 0. The quantitative estimate of drug-likeness (QED) is 0.525. The van der Waals surface area contributed by atoms with E-state index in [0.29, 0.717) is 0 Å². The fraction of sp³-hybridized carbons (Fsp3) is 0.250. The summed E-state index contributed by atoms with van der Waals surface area (Å²) in [5, 5.41) is 11.1. The maximum atomic E-state index is 11.1. The minimum absolute atomic E-state index is 0. The van der Waals surface area contributed by atoms with Crippen LogP contribution in [-0.2, 0) is 0 Å². The molecule has 0 atom stereocenters. The van der Waals surface area contributed by atoms with Crippen molar-refractivity contribution in [2.24, 2.45) is 0 Å². The first-order valence-corrected chi connectivity index (χ1v) is 3.84. The molecule has 0 aliphatic rings.